The maximum Gasteiger partial charge on any atom is 0.372 e. The lowest BCUT2D eigenvalue weighted by Crippen LogP contribution is -1.94. The fourth-order valence-electron chi connectivity index (χ4n) is 2.07. The molecule has 0 unspecified atom stereocenters. The number of carboxylic acid groups (broad SMARTS) is 1. The SMILES string of the molecule is Cc1cc(CSc2ncnc3ccccc23)oc1C(=O)O. The molecule has 3 rings (SSSR count). The minimum absolute atomic E-state index is 0.00172. The Kier molecular flexibility index (Phi) is 3.62. The number of carbonyl (C=O) groups is 1. The number of thioether (sulfide) groups is 1. The normalized spacial score (nSPS) is 10.9. The Morgan fingerprint density at radius 1 is 1.33 bits per heavy atom. The molecule has 6 heteroatoms. The number of aromatic nitrogens is 2. The van der Waals surface area contributed by atoms with Crippen molar-refractivity contribution in [2.45, 2.75) is 17.7 Å². The monoisotopic (exact) mass is 300 g/mol. The Balaban J connectivity index is 1.84. The van der Waals surface area contributed by atoms with Crippen LogP contribution in [0.15, 0.2) is 46.1 Å². The fourth-order valence-corrected chi connectivity index (χ4v) is 2.94. The number of nitrogens with zero attached hydrogens (tertiary/aromatic N) is 2. The van der Waals surface area contributed by atoms with Crippen molar-refractivity contribution in [1.82, 2.24) is 9.97 Å². The summed E-state index contributed by atoms with van der Waals surface area (Å²) in [6.45, 7) is 1.72. The van der Waals surface area contributed by atoms with Crippen LogP contribution in [0.3, 0.4) is 0 Å². The minimum Gasteiger partial charge on any atom is -0.475 e. The van der Waals surface area contributed by atoms with Gasteiger partial charge in [0.2, 0.25) is 5.76 Å². The summed E-state index contributed by atoms with van der Waals surface area (Å²) in [7, 11) is 0. The van der Waals surface area contributed by atoms with E-state index >= 15 is 0 Å². The lowest BCUT2D eigenvalue weighted by Gasteiger charge is -2.03. The van der Waals surface area contributed by atoms with Gasteiger partial charge in [0.25, 0.3) is 0 Å². The number of aromatic carboxylic acids is 1. The molecule has 0 amide bonds. The van der Waals surface area contributed by atoms with Crippen LogP contribution in [0.4, 0.5) is 0 Å². The van der Waals surface area contributed by atoms with E-state index in [1.807, 2.05) is 24.3 Å². The molecule has 0 aliphatic heterocycles. The first kappa shape index (κ1) is 13.6. The molecular formula is C15H12N2O3S. The van der Waals surface area contributed by atoms with Crippen LogP contribution in [0.2, 0.25) is 0 Å². The highest BCUT2D eigenvalue weighted by Gasteiger charge is 2.15. The number of rotatable bonds is 4. The van der Waals surface area contributed by atoms with Gasteiger partial charge in [-0.3, -0.25) is 0 Å². The van der Waals surface area contributed by atoms with E-state index in [0.717, 1.165) is 15.9 Å². The Labute approximate surface area is 125 Å². The molecule has 0 bridgehead atoms. The molecule has 0 saturated heterocycles. The van der Waals surface area contributed by atoms with Crippen LogP contribution >= 0.6 is 11.8 Å². The Bertz CT molecular complexity index is 808. The zero-order valence-electron chi connectivity index (χ0n) is 11.2. The molecule has 2 heterocycles. The fraction of sp³-hybridized carbons (Fsp3) is 0.133. The standard InChI is InChI=1S/C15H12N2O3S/c1-9-6-10(20-13(9)15(18)19)7-21-14-11-4-2-3-5-12(11)16-8-17-14/h2-6,8H,7H2,1H3,(H,18,19). The first-order chi connectivity index (χ1) is 10.1. The van der Waals surface area contributed by atoms with Crippen molar-refractivity contribution in [2.75, 3.05) is 0 Å². The molecule has 0 atom stereocenters. The second-order valence-corrected chi connectivity index (χ2v) is 5.48. The maximum atomic E-state index is 11.0. The van der Waals surface area contributed by atoms with Gasteiger partial charge in [-0.25, -0.2) is 14.8 Å². The Morgan fingerprint density at radius 2 is 2.14 bits per heavy atom. The van der Waals surface area contributed by atoms with Crippen molar-refractivity contribution in [3.8, 4) is 0 Å². The number of hydrogen-bond acceptors (Lipinski definition) is 5. The third-order valence-corrected chi connectivity index (χ3v) is 4.05. The highest BCUT2D eigenvalue weighted by molar-refractivity contribution is 7.98. The molecule has 0 aliphatic carbocycles. The average Bonchev–Trinajstić information content (AvgIpc) is 2.86. The molecule has 0 fully saturated rings. The predicted molar refractivity (Wildman–Crippen MR) is 79.5 cm³/mol. The molecular weight excluding hydrogens is 288 g/mol. The summed E-state index contributed by atoms with van der Waals surface area (Å²) < 4.78 is 5.35. The Hall–Kier alpha value is -2.34. The van der Waals surface area contributed by atoms with E-state index in [2.05, 4.69) is 9.97 Å². The lowest BCUT2D eigenvalue weighted by atomic mass is 10.2. The van der Waals surface area contributed by atoms with Gasteiger partial charge in [-0.15, -0.1) is 0 Å². The quantitative estimate of drug-likeness (QED) is 0.587. The molecule has 2 aromatic heterocycles. The second-order valence-electron chi connectivity index (χ2n) is 4.51. The molecule has 1 N–H and O–H groups in total. The van der Waals surface area contributed by atoms with E-state index in [-0.39, 0.29) is 5.76 Å². The molecule has 3 aromatic rings. The van der Waals surface area contributed by atoms with E-state index in [1.165, 1.54) is 18.1 Å². The van der Waals surface area contributed by atoms with Gasteiger partial charge >= 0.3 is 5.97 Å². The van der Waals surface area contributed by atoms with Crippen LogP contribution in [0.1, 0.15) is 21.9 Å². The maximum absolute atomic E-state index is 11.0. The van der Waals surface area contributed by atoms with Gasteiger partial charge < -0.3 is 9.52 Å². The summed E-state index contributed by atoms with van der Waals surface area (Å²) in [5.41, 5.74) is 1.52. The zero-order valence-corrected chi connectivity index (χ0v) is 12.1. The van der Waals surface area contributed by atoms with Crippen LogP contribution in [0, 0.1) is 6.92 Å². The van der Waals surface area contributed by atoms with Crippen LogP contribution in [-0.4, -0.2) is 21.0 Å². The summed E-state index contributed by atoms with van der Waals surface area (Å²) in [6, 6.07) is 9.52. The number of para-hydroxylation sites is 1. The average molecular weight is 300 g/mol. The second kappa shape index (κ2) is 5.57. The van der Waals surface area contributed by atoms with Gasteiger partial charge in [-0.05, 0) is 19.1 Å². The molecule has 5 nitrogen and oxygen atoms in total. The van der Waals surface area contributed by atoms with E-state index in [0.29, 0.717) is 17.1 Å². The molecule has 0 saturated carbocycles. The number of benzene rings is 1. The topological polar surface area (TPSA) is 76.2 Å². The van der Waals surface area contributed by atoms with Gasteiger partial charge in [0.1, 0.15) is 17.1 Å². The number of carboxylic acids is 1. The highest BCUT2D eigenvalue weighted by atomic mass is 32.2. The first-order valence-corrected chi connectivity index (χ1v) is 7.29. The third kappa shape index (κ3) is 2.75. The third-order valence-electron chi connectivity index (χ3n) is 3.02. The van der Waals surface area contributed by atoms with E-state index in [9.17, 15) is 4.79 Å². The van der Waals surface area contributed by atoms with Crippen molar-refractivity contribution < 1.29 is 14.3 Å². The van der Waals surface area contributed by atoms with Crippen LogP contribution < -0.4 is 0 Å². The predicted octanol–water partition coefficient (Wildman–Crippen LogP) is 3.52. The molecule has 21 heavy (non-hydrogen) atoms. The lowest BCUT2D eigenvalue weighted by molar-refractivity contribution is 0.0659. The van der Waals surface area contributed by atoms with Crippen molar-refractivity contribution >= 4 is 28.6 Å². The highest BCUT2D eigenvalue weighted by Crippen LogP contribution is 2.28. The van der Waals surface area contributed by atoms with E-state index < -0.39 is 5.97 Å². The molecule has 1 aromatic carbocycles. The summed E-state index contributed by atoms with van der Waals surface area (Å²) in [5.74, 6) is 0.0988. The molecule has 0 radical (unpaired) electrons. The van der Waals surface area contributed by atoms with Gasteiger partial charge in [0, 0.05) is 10.9 Å². The Morgan fingerprint density at radius 3 is 2.90 bits per heavy atom. The van der Waals surface area contributed by atoms with E-state index in [1.54, 1.807) is 13.0 Å². The minimum atomic E-state index is -1.05. The first-order valence-electron chi connectivity index (χ1n) is 6.30. The molecule has 0 spiro atoms. The van der Waals surface area contributed by atoms with Crippen molar-refractivity contribution in [2.24, 2.45) is 0 Å². The number of furan rings is 1. The summed E-state index contributed by atoms with van der Waals surface area (Å²) in [6.07, 6.45) is 1.53. The molecule has 0 aliphatic rings. The van der Waals surface area contributed by atoms with Crippen LogP contribution in [0.25, 0.3) is 10.9 Å². The largest absolute Gasteiger partial charge is 0.475 e. The summed E-state index contributed by atoms with van der Waals surface area (Å²) in [4.78, 5) is 19.5. The van der Waals surface area contributed by atoms with Crippen LogP contribution in [0.5, 0.6) is 0 Å². The number of fused-ring (bicyclic) bond motifs is 1. The zero-order chi connectivity index (χ0) is 14.8. The van der Waals surface area contributed by atoms with Gasteiger partial charge in [0.05, 0.1) is 11.3 Å². The summed E-state index contributed by atoms with van der Waals surface area (Å²) >= 11 is 1.50. The molecule has 106 valence electrons. The van der Waals surface area contributed by atoms with E-state index in [4.69, 9.17) is 9.52 Å². The van der Waals surface area contributed by atoms with Crippen LogP contribution in [-0.2, 0) is 5.75 Å². The van der Waals surface area contributed by atoms with Gasteiger partial charge in [-0.1, -0.05) is 30.0 Å². The smallest absolute Gasteiger partial charge is 0.372 e. The van der Waals surface area contributed by atoms with Gasteiger partial charge in [-0.2, -0.15) is 0 Å². The van der Waals surface area contributed by atoms with Gasteiger partial charge in [0.15, 0.2) is 0 Å². The number of hydrogen-bond donors (Lipinski definition) is 1. The van der Waals surface area contributed by atoms with Crippen molar-refractivity contribution in [1.29, 1.82) is 0 Å². The number of aryl methyl sites for hydroxylation is 1. The van der Waals surface area contributed by atoms with Crippen molar-refractivity contribution in [3.05, 3.63) is 53.7 Å². The van der Waals surface area contributed by atoms with Crippen molar-refractivity contribution in [3.63, 3.8) is 0 Å². The summed E-state index contributed by atoms with van der Waals surface area (Å²) in [5, 5.41) is 10.8.